The highest BCUT2D eigenvalue weighted by Gasteiger charge is 2.26. The third-order valence-corrected chi connectivity index (χ3v) is 3.11. The van der Waals surface area contributed by atoms with Crippen LogP contribution in [-0.4, -0.2) is 35.4 Å². The van der Waals surface area contributed by atoms with Gasteiger partial charge in [-0.05, 0) is 13.8 Å². The number of nitrogens with zero attached hydrogens (tertiary/aromatic N) is 2. The number of aromatic nitrogens is 2. The first-order valence-electron chi connectivity index (χ1n) is 6.76. The largest absolute Gasteiger partial charge is 0.474 e. The van der Waals surface area contributed by atoms with Crippen LogP contribution in [0.5, 0.6) is 5.88 Å². The molecular formula is C13H22N4O3. The third-order valence-electron chi connectivity index (χ3n) is 3.11. The molecule has 0 saturated carbocycles. The number of methoxy groups -OCH3 is 1. The molecule has 0 bridgehead atoms. The lowest BCUT2D eigenvalue weighted by atomic mass is 10.0. The average Bonchev–Trinajstić information content (AvgIpc) is 2.37. The predicted octanol–water partition coefficient (Wildman–Crippen LogP) is 1.24. The van der Waals surface area contributed by atoms with E-state index in [0.29, 0.717) is 24.1 Å². The zero-order valence-electron chi connectivity index (χ0n) is 12.1. The molecule has 3 N–H and O–H groups in total. The standard InChI is InChI=1S/C13H22N4O3/c1-8-4-10(5-9(2)19-8)20-13-6-11(17-14)15-12(16-13)7-18-3/h6,8-10H,4-5,7,14H2,1-3H3,(H,15,16,17). The summed E-state index contributed by atoms with van der Waals surface area (Å²) in [5, 5.41) is 0. The molecule has 1 aliphatic rings. The van der Waals surface area contributed by atoms with E-state index in [4.69, 9.17) is 20.1 Å². The highest BCUT2D eigenvalue weighted by molar-refractivity contribution is 5.37. The van der Waals surface area contributed by atoms with Gasteiger partial charge >= 0.3 is 0 Å². The van der Waals surface area contributed by atoms with Crippen LogP contribution in [0.4, 0.5) is 5.82 Å². The Morgan fingerprint density at radius 3 is 2.65 bits per heavy atom. The molecule has 1 fully saturated rings. The molecule has 2 rings (SSSR count). The van der Waals surface area contributed by atoms with Crippen molar-refractivity contribution < 1.29 is 14.2 Å². The third kappa shape index (κ3) is 4.03. The summed E-state index contributed by atoms with van der Waals surface area (Å²) in [6.45, 7) is 4.41. The Bertz CT molecular complexity index is 434. The Morgan fingerprint density at radius 2 is 2.05 bits per heavy atom. The second-order valence-corrected chi connectivity index (χ2v) is 5.05. The van der Waals surface area contributed by atoms with Crippen molar-refractivity contribution in [2.45, 2.75) is 51.6 Å². The fourth-order valence-electron chi connectivity index (χ4n) is 2.41. The molecule has 1 saturated heterocycles. The van der Waals surface area contributed by atoms with E-state index in [1.165, 1.54) is 0 Å². The van der Waals surface area contributed by atoms with E-state index in [0.717, 1.165) is 12.8 Å². The van der Waals surface area contributed by atoms with Crippen LogP contribution in [0.15, 0.2) is 6.07 Å². The second-order valence-electron chi connectivity index (χ2n) is 5.05. The van der Waals surface area contributed by atoms with Gasteiger partial charge in [0.15, 0.2) is 5.82 Å². The molecule has 1 aromatic rings. The summed E-state index contributed by atoms with van der Waals surface area (Å²) >= 11 is 0. The lowest BCUT2D eigenvalue weighted by Crippen LogP contribution is -2.36. The lowest BCUT2D eigenvalue weighted by Gasteiger charge is -2.32. The second kappa shape index (κ2) is 6.83. The van der Waals surface area contributed by atoms with Crippen LogP contribution < -0.4 is 16.0 Å². The summed E-state index contributed by atoms with van der Waals surface area (Å²) in [6.07, 6.45) is 2.16. The van der Waals surface area contributed by atoms with E-state index in [1.807, 2.05) is 0 Å². The van der Waals surface area contributed by atoms with Gasteiger partial charge in [-0.3, -0.25) is 0 Å². The van der Waals surface area contributed by atoms with Crippen molar-refractivity contribution in [2.75, 3.05) is 12.5 Å². The fourth-order valence-corrected chi connectivity index (χ4v) is 2.41. The van der Waals surface area contributed by atoms with Gasteiger partial charge in [-0.1, -0.05) is 0 Å². The molecule has 112 valence electrons. The average molecular weight is 282 g/mol. The normalized spacial score (nSPS) is 26.3. The summed E-state index contributed by atoms with van der Waals surface area (Å²) in [6, 6.07) is 1.68. The van der Waals surface area contributed by atoms with Gasteiger partial charge in [0.2, 0.25) is 5.88 Å². The molecule has 7 heteroatoms. The minimum absolute atomic E-state index is 0.0877. The van der Waals surface area contributed by atoms with Crippen molar-refractivity contribution in [1.82, 2.24) is 9.97 Å². The Labute approximate surface area is 118 Å². The van der Waals surface area contributed by atoms with Gasteiger partial charge in [-0.15, -0.1) is 0 Å². The maximum atomic E-state index is 5.94. The maximum absolute atomic E-state index is 5.94. The van der Waals surface area contributed by atoms with Crippen molar-refractivity contribution in [2.24, 2.45) is 5.84 Å². The Morgan fingerprint density at radius 1 is 1.35 bits per heavy atom. The van der Waals surface area contributed by atoms with Gasteiger partial charge in [0.1, 0.15) is 18.5 Å². The Kier molecular flexibility index (Phi) is 5.11. The quantitative estimate of drug-likeness (QED) is 0.620. The highest BCUT2D eigenvalue weighted by Crippen LogP contribution is 2.24. The predicted molar refractivity (Wildman–Crippen MR) is 74.2 cm³/mol. The summed E-state index contributed by atoms with van der Waals surface area (Å²) in [5.74, 6) is 6.95. The molecule has 20 heavy (non-hydrogen) atoms. The van der Waals surface area contributed by atoms with Crippen LogP contribution in [0.3, 0.4) is 0 Å². The number of nitrogens with one attached hydrogen (secondary N) is 1. The molecule has 2 unspecified atom stereocenters. The van der Waals surface area contributed by atoms with Crippen LogP contribution >= 0.6 is 0 Å². The van der Waals surface area contributed by atoms with Gasteiger partial charge in [0.05, 0.1) is 12.2 Å². The fraction of sp³-hybridized carbons (Fsp3) is 0.692. The topological polar surface area (TPSA) is 91.5 Å². The van der Waals surface area contributed by atoms with Crippen LogP contribution in [0.2, 0.25) is 0 Å². The summed E-state index contributed by atoms with van der Waals surface area (Å²) in [4.78, 5) is 8.51. The zero-order chi connectivity index (χ0) is 14.5. The summed E-state index contributed by atoms with van der Waals surface area (Å²) in [5.41, 5.74) is 2.51. The van der Waals surface area contributed by atoms with Gasteiger partial charge in [-0.25, -0.2) is 10.8 Å². The van der Waals surface area contributed by atoms with Crippen LogP contribution in [0, 0.1) is 0 Å². The number of nitrogens with two attached hydrogens (primary N) is 1. The highest BCUT2D eigenvalue weighted by atomic mass is 16.5. The molecule has 2 heterocycles. The van der Waals surface area contributed by atoms with Crippen molar-refractivity contribution in [3.63, 3.8) is 0 Å². The Hall–Kier alpha value is -1.44. The van der Waals surface area contributed by atoms with E-state index >= 15 is 0 Å². The number of nitrogen functional groups attached to an aromatic ring is 1. The first-order chi connectivity index (χ1) is 9.60. The first-order valence-corrected chi connectivity index (χ1v) is 6.76. The number of hydrogen-bond acceptors (Lipinski definition) is 7. The molecule has 0 aliphatic carbocycles. The molecule has 1 aliphatic heterocycles. The first kappa shape index (κ1) is 15.0. The van der Waals surface area contributed by atoms with Crippen molar-refractivity contribution in [3.8, 4) is 5.88 Å². The summed E-state index contributed by atoms with van der Waals surface area (Å²) < 4.78 is 16.7. The van der Waals surface area contributed by atoms with Gasteiger partial charge in [0, 0.05) is 26.0 Å². The molecule has 7 nitrogen and oxygen atoms in total. The monoisotopic (exact) mass is 282 g/mol. The van der Waals surface area contributed by atoms with Gasteiger partial charge in [0.25, 0.3) is 0 Å². The van der Waals surface area contributed by atoms with Crippen LogP contribution in [0.1, 0.15) is 32.5 Å². The number of hydrazine groups is 1. The summed E-state index contributed by atoms with van der Waals surface area (Å²) in [7, 11) is 1.59. The number of rotatable bonds is 5. The molecule has 1 aromatic heterocycles. The zero-order valence-corrected chi connectivity index (χ0v) is 12.1. The molecule has 0 radical (unpaired) electrons. The Balaban J connectivity index is 2.09. The smallest absolute Gasteiger partial charge is 0.219 e. The van der Waals surface area contributed by atoms with E-state index in [9.17, 15) is 0 Å². The van der Waals surface area contributed by atoms with Crippen LogP contribution in [-0.2, 0) is 16.1 Å². The SMILES string of the molecule is COCc1nc(NN)cc(OC2CC(C)OC(C)C2)n1. The van der Waals surface area contributed by atoms with E-state index in [-0.39, 0.29) is 18.3 Å². The van der Waals surface area contributed by atoms with E-state index in [2.05, 4.69) is 29.2 Å². The number of anilines is 1. The van der Waals surface area contributed by atoms with E-state index < -0.39 is 0 Å². The van der Waals surface area contributed by atoms with Crippen molar-refractivity contribution in [3.05, 3.63) is 11.9 Å². The lowest BCUT2D eigenvalue weighted by molar-refractivity contribution is -0.0730. The van der Waals surface area contributed by atoms with Gasteiger partial charge < -0.3 is 19.6 Å². The number of ether oxygens (including phenoxy) is 3. The van der Waals surface area contributed by atoms with Crippen molar-refractivity contribution >= 4 is 5.82 Å². The molecule has 0 spiro atoms. The van der Waals surface area contributed by atoms with Crippen LogP contribution in [0.25, 0.3) is 0 Å². The molecule has 0 amide bonds. The maximum Gasteiger partial charge on any atom is 0.219 e. The minimum atomic E-state index is 0.0877. The van der Waals surface area contributed by atoms with Gasteiger partial charge in [-0.2, -0.15) is 4.98 Å². The van der Waals surface area contributed by atoms with Crippen molar-refractivity contribution in [1.29, 1.82) is 0 Å². The van der Waals surface area contributed by atoms with E-state index in [1.54, 1.807) is 13.2 Å². The molecular weight excluding hydrogens is 260 g/mol. The number of hydrogen-bond donors (Lipinski definition) is 2. The molecule has 2 atom stereocenters. The molecule has 0 aromatic carbocycles. The minimum Gasteiger partial charge on any atom is -0.474 e.